The van der Waals surface area contributed by atoms with Crippen molar-refractivity contribution in [2.45, 2.75) is 78.4 Å². The molecule has 27 heteroatoms. The van der Waals surface area contributed by atoms with Gasteiger partial charge in [-0.1, -0.05) is 109 Å². The van der Waals surface area contributed by atoms with Gasteiger partial charge in [0.15, 0.2) is 0 Å². The van der Waals surface area contributed by atoms with Crippen LogP contribution < -0.4 is 4.90 Å². The van der Waals surface area contributed by atoms with Gasteiger partial charge in [-0.3, -0.25) is 68.2 Å². The van der Waals surface area contributed by atoms with Crippen molar-refractivity contribution in [3.05, 3.63) is 441 Å². The maximum absolute atomic E-state index is 14.8. The average Bonchev–Trinajstić information content (AvgIpc) is 1.65. The molecule has 24 rings (SSSR count). The van der Waals surface area contributed by atoms with Crippen LogP contribution >= 0.6 is 0 Å². The minimum absolute atomic E-state index is 0.0910. The highest BCUT2D eigenvalue weighted by Crippen LogP contribution is 2.37. The number of aromatic nitrogens is 11. The summed E-state index contributed by atoms with van der Waals surface area (Å²) < 4.78 is 77.0. The first-order chi connectivity index (χ1) is 66.3. The van der Waals surface area contributed by atoms with Gasteiger partial charge < -0.3 is 29.4 Å². The van der Waals surface area contributed by atoms with Crippen molar-refractivity contribution in [3.63, 3.8) is 0 Å². The molecule has 0 atom stereocenters. The first-order valence-corrected chi connectivity index (χ1v) is 44.3. The highest BCUT2D eigenvalue weighted by Gasteiger charge is 2.35. The molecule has 136 heavy (non-hydrogen) atoms. The van der Waals surface area contributed by atoms with Crippen molar-refractivity contribution in [2.24, 2.45) is 14.1 Å². The smallest absolute Gasteiger partial charge is 0.256 e. The van der Waals surface area contributed by atoms with Crippen LogP contribution in [0.15, 0.2) is 317 Å². The molecule has 18 aromatic rings. The van der Waals surface area contributed by atoms with E-state index < -0.39 is 0 Å². The van der Waals surface area contributed by atoms with Gasteiger partial charge in [-0.25, -0.2) is 22.0 Å². The summed E-state index contributed by atoms with van der Waals surface area (Å²) in [6.45, 7) is 4.76. The number of hydrogen-bond donors (Lipinski definition) is 0. The quantitative estimate of drug-likeness (QED) is 0.0869. The molecule has 670 valence electrons. The van der Waals surface area contributed by atoms with Crippen LogP contribution in [0.1, 0.15) is 119 Å². The lowest BCUT2D eigenvalue weighted by Gasteiger charge is -2.28. The number of anilines is 1. The Hall–Kier alpha value is -17.0. The summed E-state index contributed by atoms with van der Waals surface area (Å²) in [5.41, 5.74) is 21.3. The number of hydrogen-bond acceptors (Lipinski definition) is 15. The number of carbonyl (C=O) groups excluding carboxylic acids is 5. The lowest BCUT2D eigenvalue weighted by atomic mass is 10.00. The molecule has 0 spiro atoms. The van der Waals surface area contributed by atoms with E-state index in [0.717, 1.165) is 136 Å². The third kappa shape index (κ3) is 18.3. The zero-order valence-corrected chi connectivity index (χ0v) is 73.7. The predicted molar refractivity (Wildman–Crippen MR) is 506 cm³/mol. The lowest BCUT2D eigenvalue weighted by Crippen LogP contribution is -2.30. The second kappa shape index (κ2) is 37.7. The molecule has 0 N–H and O–H groups in total. The minimum atomic E-state index is -0.326. The van der Waals surface area contributed by atoms with Crippen molar-refractivity contribution in [3.8, 4) is 44.5 Å². The normalized spacial score (nSPS) is 13.7. The van der Waals surface area contributed by atoms with Gasteiger partial charge in [-0.2, -0.15) is 10.2 Å². The molecule has 9 aromatic carbocycles. The summed E-state index contributed by atoms with van der Waals surface area (Å²) in [6, 6.07) is 77.0. The van der Waals surface area contributed by atoms with Gasteiger partial charge >= 0.3 is 0 Å². The van der Waals surface area contributed by atoms with Crippen molar-refractivity contribution >= 4 is 67.8 Å². The molecule has 0 fully saturated rings. The number of aryl methyl sites for hydroxylation is 2. The van der Waals surface area contributed by atoms with E-state index in [1.54, 1.807) is 182 Å². The van der Waals surface area contributed by atoms with E-state index in [2.05, 4.69) is 62.1 Å². The molecular formula is C109H84F5N17O5. The SMILES string of the molecule is Cn1cc2c(n1)CCN(c1ccc(CN3Cc4ncccc4C3=O)c(F)c1)C2.Cn1cc2cc(-c3ccc(F)c(CN4Cc5ncccc5C4=O)c3)ccc2n1.O=C1c2cccnc2CN1Cc1ccc(-c2ccc3ccccc3c2)cc1F.O=C1c2cccnc2CN1Cc1ccc(-c2ccc3ncccc3c2)cc1F.O=C1c2cccnc2CN1Cc1ccc(-c2cccnc2)cc1F. The van der Waals surface area contributed by atoms with E-state index in [4.69, 9.17) is 0 Å². The van der Waals surface area contributed by atoms with Crippen LogP contribution in [0.4, 0.5) is 27.6 Å². The van der Waals surface area contributed by atoms with Crippen LogP contribution in [0.25, 0.3) is 77.1 Å². The minimum Gasteiger partial charge on any atom is -0.367 e. The Bertz CT molecular complexity index is 7550. The molecule has 5 amide bonds. The summed E-state index contributed by atoms with van der Waals surface area (Å²) in [4.78, 5) is 102. The Kier molecular flexibility index (Phi) is 24.1. The number of halogens is 5. The Morgan fingerprint density at radius 2 is 0.654 bits per heavy atom. The van der Waals surface area contributed by atoms with Gasteiger partial charge in [-0.05, 0) is 195 Å². The number of nitrogens with zero attached hydrogens (tertiary/aromatic N) is 17. The second-order valence-corrected chi connectivity index (χ2v) is 34.0. The third-order valence-electron chi connectivity index (χ3n) is 25.1. The Morgan fingerprint density at radius 3 is 1.12 bits per heavy atom. The van der Waals surface area contributed by atoms with Crippen LogP contribution in [0.3, 0.4) is 0 Å². The van der Waals surface area contributed by atoms with E-state index in [1.807, 2.05) is 152 Å². The molecule has 0 aliphatic carbocycles. The van der Waals surface area contributed by atoms with Crippen molar-refractivity contribution < 1.29 is 45.9 Å². The molecule has 0 saturated carbocycles. The Morgan fingerprint density at radius 1 is 0.279 bits per heavy atom. The largest absolute Gasteiger partial charge is 0.367 e. The van der Waals surface area contributed by atoms with Gasteiger partial charge in [0.1, 0.15) is 29.1 Å². The highest BCUT2D eigenvalue weighted by molar-refractivity contribution is 6.01. The van der Waals surface area contributed by atoms with E-state index in [1.165, 1.54) is 23.8 Å². The van der Waals surface area contributed by atoms with Gasteiger partial charge in [-0.15, -0.1) is 0 Å². The number of carbonyl (C=O) groups is 5. The van der Waals surface area contributed by atoms with Crippen LogP contribution in [0.5, 0.6) is 0 Å². The van der Waals surface area contributed by atoms with Gasteiger partial charge in [0.2, 0.25) is 0 Å². The zero-order valence-electron chi connectivity index (χ0n) is 73.7. The van der Waals surface area contributed by atoms with Crippen LogP contribution in [-0.4, -0.2) is 115 Å². The van der Waals surface area contributed by atoms with E-state index in [9.17, 15) is 45.9 Å². The molecule has 6 aliphatic heterocycles. The van der Waals surface area contributed by atoms with Gasteiger partial charge in [0.25, 0.3) is 29.5 Å². The summed E-state index contributed by atoms with van der Waals surface area (Å²) in [7, 11) is 3.81. The molecule has 0 unspecified atom stereocenters. The van der Waals surface area contributed by atoms with Crippen LogP contribution in [0.2, 0.25) is 0 Å². The molecule has 15 heterocycles. The molecule has 6 aliphatic rings. The number of benzene rings is 9. The Balaban J connectivity index is 0.000000105. The summed E-state index contributed by atoms with van der Waals surface area (Å²) in [5, 5.41) is 13.2. The monoisotopic (exact) mass is 1810 g/mol. The summed E-state index contributed by atoms with van der Waals surface area (Å²) >= 11 is 0. The fourth-order valence-corrected chi connectivity index (χ4v) is 18.0. The van der Waals surface area contributed by atoms with Crippen molar-refractivity contribution in [1.29, 1.82) is 0 Å². The van der Waals surface area contributed by atoms with E-state index in [-0.39, 0.29) is 91.3 Å². The molecule has 0 saturated heterocycles. The molecule has 0 bridgehead atoms. The number of rotatable bonds is 15. The number of amides is 5. The maximum Gasteiger partial charge on any atom is 0.256 e. The highest BCUT2D eigenvalue weighted by atomic mass is 19.1. The third-order valence-corrected chi connectivity index (χ3v) is 25.1. The topological polar surface area (TPSA) is 231 Å². The van der Waals surface area contributed by atoms with Crippen molar-refractivity contribution in [1.82, 2.24) is 78.9 Å². The summed E-state index contributed by atoms with van der Waals surface area (Å²) in [5.74, 6) is -2.05. The van der Waals surface area contributed by atoms with Crippen LogP contribution in [-0.2, 0) is 92.5 Å². The van der Waals surface area contributed by atoms with Gasteiger partial charge in [0.05, 0.1) is 106 Å². The van der Waals surface area contributed by atoms with Gasteiger partial charge in [0, 0.05) is 184 Å². The fourth-order valence-electron chi connectivity index (χ4n) is 18.0. The van der Waals surface area contributed by atoms with Crippen LogP contribution in [0, 0.1) is 29.1 Å². The maximum atomic E-state index is 14.8. The Labute approximate surface area is 778 Å². The second-order valence-electron chi connectivity index (χ2n) is 34.0. The van der Waals surface area contributed by atoms with Crippen molar-refractivity contribution in [2.75, 3.05) is 11.4 Å². The first kappa shape index (κ1) is 87.0. The molecular weight excluding hydrogens is 1720 g/mol. The zero-order chi connectivity index (χ0) is 93.2. The molecule has 0 radical (unpaired) electrons. The molecule has 9 aromatic heterocycles. The van der Waals surface area contributed by atoms with E-state index >= 15 is 0 Å². The summed E-state index contributed by atoms with van der Waals surface area (Å²) in [6.07, 6.45) is 18.3. The average molecular weight is 1810 g/mol. The molecule has 22 nitrogen and oxygen atoms in total. The van der Waals surface area contributed by atoms with E-state index in [0.29, 0.717) is 88.4 Å². The fraction of sp³-hybridized carbons (Fsp3) is 0.138. The standard InChI is InChI=1S/C24H17FN2O.C23H16FN3O.C22H17FN4O.C21H20FN5O.C19H14FN3O/c25-22-13-19(18-8-7-16-4-1-2-5-17(16)12-18)9-10-20(22)14-27-15-23-21(24(27)28)6-3-11-26-23;24-20-12-16(15-7-8-21-17(11-15)3-1-9-25-21)5-6-18(20)13-27-14-22-19(23(27)28)4-2-10-26-22;1-26-11-17-10-15(5-7-20(17)25-26)14-4-6-19(23)16(9-14)12-27-13-21-18(22(27)28)3-2-8-24-21;1-25-10-15-12-26(8-6-19(15)24-25)16-5-4-14(18(22)9-16)11-27-13-20-17(21(27)28)3-2-7-23-20;20-17-9-13(14-3-1-7-21-10-14)5-6-15(17)11-23-12-18-16(19(23)24)4-2-8-22-18/h1-13H,14-15H2;1-12H,13-14H2;2-11H,12-13H2,1H3;2-5,7,9-10H,6,8,11-13H2,1H3;1-10H,11-12H2. The number of pyridine rings is 7. The first-order valence-electron chi connectivity index (χ1n) is 44.3. The lowest BCUT2D eigenvalue weighted by molar-refractivity contribution is 0.0757. The predicted octanol–water partition coefficient (Wildman–Crippen LogP) is 19.8. The number of fused-ring (bicyclic) bond motifs is 9.